The second-order valence-electron chi connectivity index (χ2n) is 24.8. The Morgan fingerprint density at radius 1 is 0.810 bits per heavy atom. The lowest BCUT2D eigenvalue weighted by Crippen LogP contribution is -2.58. The number of aromatic nitrogens is 1. The smallest absolute Gasteiger partial charge is 0.306 e. The van der Waals surface area contributed by atoms with Gasteiger partial charge in [0, 0.05) is 93.2 Å². The van der Waals surface area contributed by atoms with Gasteiger partial charge in [-0.1, -0.05) is 135 Å². The van der Waals surface area contributed by atoms with Crippen molar-refractivity contribution in [2.24, 2.45) is 35.5 Å². The van der Waals surface area contributed by atoms with Gasteiger partial charge in [0.2, 0.25) is 11.8 Å². The summed E-state index contributed by atoms with van der Waals surface area (Å²) in [5.74, 6) is -4.48. The highest BCUT2D eigenvalue weighted by atomic mass is 32.1. The minimum Gasteiger partial charge on any atom is -0.481 e. The van der Waals surface area contributed by atoms with Crippen molar-refractivity contribution in [3.05, 3.63) is 99.5 Å². The number of Topliss-reactive ketones (excluding diaryl/α,β-unsaturated/α-hetero) is 2. The van der Waals surface area contributed by atoms with Crippen molar-refractivity contribution in [3.8, 4) is 0 Å². The first kappa shape index (κ1) is 68.4. The zero-order valence-electron chi connectivity index (χ0n) is 51.7. The molecule has 3 aromatic rings. The number of rotatable bonds is 35. The molecule has 5 amide bonds. The van der Waals surface area contributed by atoms with E-state index in [0.717, 1.165) is 68.2 Å². The molecule has 1 saturated heterocycles. The maximum Gasteiger partial charge on any atom is 0.306 e. The minimum atomic E-state index is -0.961. The topological polar surface area (TPSA) is 227 Å². The van der Waals surface area contributed by atoms with Gasteiger partial charge >= 0.3 is 11.9 Å². The standard InChI is InChI=1S/C66H94N6O11S/c1-12-44(6)53(65(80)70(10)55(43(4)5)39-59(83-47(9)73)64-69-54(41-84-64)63(79)68-51(35-45(7)66(81)82)36-48-23-17-16-18-24-48)38-58(75)56-26-20-22-34-72(56,11)40-50-29-27-49(28-30-50)37-57(74)46(8)67-62(78)52(42(2)3)25-19-14-13-15-21-33-71-60(76)31-32-61(71)77/h16-18,23-24,27-32,41-46,51-53,55-56,59H,12-15,19-22,25-26,33-40H2,1-11H3,(H2-,67,68,78,79,81,82)/p+1/t44-,45-,46-,51+,52-,53-,55+,56+,59+,72?/m0/s1. The molecule has 3 heterocycles. The lowest BCUT2D eigenvalue weighted by molar-refractivity contribution is -0.941. The predicted octanol–water partition coefficient (Wildman–Crippen LogP) is 10.0. The number of likely N-dealkylation sites (N-methyl/N-ethyl adjacent to an activating group) is 1. The Balaban J connectivity index is 1.18. The van der Waals surface area contributed by atoms with Crippen LogP contribution in [0.15, 0.2) is 72.1 Å². The predicted molar refractivity (Wildman–Crippen MR) is 325 cm³/mol. The molecule has 84 heavy (non-hydrogen) atoms. The Morgan fingerprint density at radius 2 is 1.45 bits per heavy atom. The number of benzene rings is 2. The van der Waals surface area contributed by atoms with E-state index in [-0.39, 0.29) is 96.3 Å². The molecule has 5 rings (SSSR count). The Labute approximate surface area is 502 Å². The van der Waals surface area contributed by atoms with Crippen molar-refractivity contribution >= 4 is 64.4 Å². The van der Waals surface area contributed by atoms with Crippen LogP contribution in [0.4, 0.5) is 0 Å². The molecule has 460 valence electrons. The number of nitrogens with one attached hydrogen (secondary N) is 2. The highest BCUT2D eigenvalue weighted by Gasteiger charge is 2.44. The number of ketones is 2. The van der Waals surface area contributed by atoms with Crippen LogP contribution in [-0.2, 0) is 62.5 Å². The molecule has 0 spiro atoms. The zero-order valence-corrected chi connectivity index (χ0v) is 52.6. The van der Waals surface area contributed by atoms with Gasteiger partial charge in [-0.05, 0) is 74.3 Å². The summed E-state index contributed by atoms with van der Waals surface area (Å²) in [5, 5.41) is 17.6. The van der Waals surface area contributed by atoms with E-state index in [1.165, 1.54) is 35.3 Å². The van der Waals surface area contributed by atoms with Crippen molar-refractivity contribution in [1.29, 1.82) is 0 Å². The summed E-state index contributed by atoms with van der Waals surface area (Å²) >= 11 is 1.17. The summed E-state index contributed by atoms with van der Waals surface area (Å²) in [6.07, 6.45) is 11.1. The number of carbonyl (C=O) groups is 9. The minimum absolute atomic E-state index is 0.0545. The number of piperidine rings is 1. The van der Waals surface area contributed by atoms with Gasteiger partial charge in [-0.15, -0.1) is 11.3 Å². The number of thiazole rings is 1. The molecule has 0 aliphatic carbocycles. The fourth-order valence-corrected chi connectivity index (χ4v) is 12.8. The lowest BCUT2D eigenvalue weighted by atomic mass is 9.82. The van der Waals surface area contributed by atoms with Crippen LogP contribution in [0.25, 0.3) is 0 Å². The Hall–Kier alpha value is -6.40. The Kier molecular flexibility index (Phi) is 26.7. The van der Waals surface area contributed by atoms with Crippen LogP contribution >= 0.6 is 11.3 Å². The van der Waals surface area contributed by atoms with Gasteiger partial charge in [0.15, 0.2) is 17.7 Å². The molecule has 3 N–H and O–H groups in total. The molecule has 17 nitrogen and oxygen atoms in total. The van der Waals surface area contributed by atoms with Crippen molar-refractivity contribution in [1.82, 2.24) is 25.4 Å². The number of carboxylic acid groups (broad SMARTS) is 1. The molecule has 0 radical (unpaired) electrons. The summed E-state index contributed by atoms with van der Waals surface area (Å²) in [5.41, 5.74) is 2.92. The average Bonchev–Trinajstić information content (AvgIpc) is 2.51. The van der Waals surface area contributed by atoms with Crippen LogP contribution in [-0.4, -0.2) is 129 Å². The number of hydrogen-bond donors (Lipinski definition) is 3. The van der Waals surface area contributed by atoms with E-state index in [1.807, 2.05) is 96.1 Å². The third kappa shape index (κ3) is 20.1. The molecular formula is C66H95N6O11S+. The van der Waals surface area contributed by atoms with Gasteiger partial charge in [-0.2, -0.15) is 0 Å². The number of ether oxygens (including phenoxy) is 1. The van der Waals surface area contributed by atoms with Crippen LogP contribution < -0.4 is 10.6 Å². The van der Waals surface area contributed by atoms with E-state index in [0.29, 0.717) is 48.3 Å². The largest absolute Gasteiger partial charge is 0.481 e. The summed E-state index contributed by atoms with van der Waals surface area (Å²) < 4.78 is 6.39. The summed E-state index contributed by atoms with van der Waals surface area (Å²) in [6, 6.07) is 15.5. The number of amides is 5. The van der Waals surface area contributed by atoms with Gasteiger partial charge < -0.3 is 29.9 Å². The van der Waals surface area contributed by atoms with E-state index >= 15 is 0 Å². The van der Waals surface area contributed by atoms with Crippen LogP contribution in [0.1, 0.15) is 184 Å². The van der Waals surface area contributed by atoms with Gasteiger partial charge in [0.1, 0.15) is 23.3 Å². The highest BCUT2D eigenvalue weighted by Crippen LogP contribution is 2.35. The van der Waals surface area contributed by atoms with Gasteiger partial charge in [-0.25, -0.2) is 4.98 Å². The van der Waals surface area contributed by atoms with E-state index in [4.69, 9.17) is 4.74 Å². The first-order valence-corrected chi connectivity index (χ1v) is 31.5. The van der Waals surface area contributed by atoms with Crippen LogP contribution in [0.2, 0.25) is 0 Å². The molecular weight excluding hydrogens is 1080 g/mol. The first-order valence-electron chi connectivity index (χ1n) is 30.6. The SMILES string of the molecule is CC[C@H](C)[C@H](CC(=O)[C@H]1CCCC[N+]1(C)Cc1ccc(CC(=O)[C@H](C)NC(=O)[C@@H](CCCCCCCN2C(=O)C=CC2=O)C(C)C)cc1)C(=O)N(C)[C@H](C[C@@H](OC(C)=O)c1nc(C(=O)N[C@@H](Cc2ccccc2)C[C@H](C)C(=O)O)cs1)C(C)C. The molecule has 1 aromatic heterocycles. The second-order valence-corrected chi connectivity index (χ2v) is 25.7. The number of nitrogens with zero attached hydrogens (tertiary/aromatic N) is 4. The molecule has 2 aromatic carbocycles. The van der Waals surface area contributed by atoms with Crippen LogP contribution in [0, 0.1) is 35.5 Å². The first-order chi connectivity index (χ1) is 39.8. The molecule has 10 atom stereocenters. The van der Waals surface area contributed by atoms with Crippen molar-refractivity contribution < 1.29 is 57.5 Å². The number of aliphatic carboxylic acids is 1. The van der Waals surface area contributed by atoms with Gasteiger partial charge in [-0.3, -0.25) is 48.1 Å². The third-order valence-corrected chi connectivity index (χ3v) is 18.4. The number of imide groups is 1. The van der Waals surface area contributed by atoms with Crippen molar-refractivity contribution in [2.45, 2.75) is 195 Å². The molecule has 1 unspecified atom stereocenters. The molecule has 18 heteroatoms. The monoisotopic (exact) mass is 1180 g/mol. The number of esters is 1. The van der Waals surface area contributed by atoms with E-state index in [9.17, 15) is 48.3 Å². The van der Waals surface area contributed by atoms with Gasteiger partial charge in [0.25, 0.3) is 17.7 Å². The zero-order chi connectivity index (χ0) is 61.8. The molecule has 0 saturated carbocycles. The van der Waals surface area contributed by atoms with Gasteiger partial charge in [0.05, 0.1) is 25.6 Å². The lowest BCUT2D eigenvalue weighted by Gasteiger charge is -2.44. The quantitative estimate of drug-likeness (QED) is 0.0216. The maximum absolute atomic E-state index is 14.9. The average molecular weight is 1180 g/mol. The Morgan fingerprint density at radius 3 is 2.07 bits per heavy atom. The number of carboxylic acids is 1. The number of likely N-dealkylation sites (tertiary alicyclic amines) is 1. The summed E-state index contributed by atoms with van der Waals surface area (Å²) in [4.78, 5) is 126. The fraction of sp³-hybridized carbons (Fsp3) is 0.606. The molecule has 0 bridgehead atoms. The van der Waals surface area contributed by atoms with Crippen molar-refractivity contribution in [2.75, 3.05) is 27.2 Å². The number of hydrogen-bond acceptors (Lipinski definition) is 12. The fourth-order valence-electron chi connectivity index (χ4n) is 12.0. The van der Waals surface area contributed by atoms with E-state index in [1.54, 1.807) is 31.2 Å². The third-order valence-electron chi connectivity index (χ3n) is 17.4. The highest BCUT2D eigenvalue weighted by molar-refractivity contribution is 7.09. The van der Waals surface area contributed by atoms with Crippen LogP contribution in [0.3, 0.4) is 0 Å². The summed E-state index contributed by atoms with van der Waals surface area (Å²) in [6.45, 7) is 18.5. The molecule has 2 aliphatic heterocycles. The number of quaternary nitrogens is 1. The van der Waals surface area contributed by atoms with Crippen LogP contribution in [0.5, 0.6) is 0 Å². The number of carbonyl (C=O) groups excluding carboxylic acids is 8. The number of unbranched alkanes of at least 4 members (excludes halogenated alkanes) is 4. The summed E-state index contributed by atoms with van der Waals surface area (Å²) in [7, 11) is 3.88. The van der Waals surface area contributed by atoms with Crippen molar-refractivity contribution in [3.63, 3.8) is 0 Å². The Bertz CT molecular complexity index is 2730. The normalized spacial score (nSPS) is 19.0. The van der Waals surface area contributed by atoms with E-state index in [2.05, 4.69) is 22.7 Å². The van der Waals surface area contributed by atoms with E-state index < -0.39 is 53.9 Å². The maximum atomic E-state index is 14.9. The second kappa shape index (κ2) is 32.8. The molecule has 2 aliphatic rings. The molecule has 1 fully saturated rings.